The normalized spacial score (nSPS) is 19.0. The molecule has 7 heteroatoms. The molecule has 0 bridgehead atoms. The van der Waals surface area contributed by atoms with Crippen molar-refractivity contribution in [2.75, 3.05) is 31.9 Å². The van der Waals surface area contributed by atoms with Gasteiger partial charge in [-0.05, 0) is 31.6 Å². The molecular formula is C16H33N3O3S. The quantitative estimate of drug-likeness (QED) is 0.748. The number of nitrogens with zero attached hydrogens (tertiary/aromatic N) is 2. The summed E-state index contributed by atoms with van der Waals surface area (Å²) in [6.45, 7) is 13.8. The molecule has 1 fully saturated rings. The number of hydrogen-bond acceptors (Lipinski definition) is 4. The van der Waals surface area contributed by atoms with Crippen molar-refractivity contribution >= 4 is 15.9 Å². The highest BCUT2D eigenvalue weighted by molar-refractivity contribution is 7.89. The van der Waals surface area contributed by atoms with E-state index in [0.717, 1.165) is 0 Å². The SMILES string of the molecule is CC(C)C(CS(=O)(=O)N1CCN(C(C)(C)C(N)=O)CC1)C(C)C. The van der Waals surface area contributed by atoms with Crippen molar-refractivity contribution in [3.8, 4) is 0 Å². The van der Waals surface area contributed by atoms with Crippen molar-refractivity contribution < 1.29 is 13.2 Å². The summed E-state index contributed by atoms with van der Waals surface area (Å²) in [5.41, 5.74) is 4.70. The maximum absolute atomic E-state index is 12.7. The molecule has 1 saturated heterocycles. The maximum Gasteiger partial charge on any atom is 0.237 e. The van der Waals surface area contributed by atoms with E-state index in [1.165, 1.54) is 0 Å². The zero-order valence-corrected chi connectivity index (χ0v) is 16.2. The van der Waals surface area contributed by atoms with Crippen LogP contribution in [0.1, 0.15) is 41.5 Å². The lowest BCUT2D eigenvalue weighted by Gasteiger charge is -2.42. The number of sulfonamides is 1. The highest BCUT2D eigenvalue weighted by atomic mass is 32.2. The lowest BCUT2D eigenvalue weighted by atomic mass is 9.87. The van der Waals surface area contributed by atoms with Gasteiger partial charge in [-0.2, -0.15) is 4.31 Å². The molecule has 0 aliphatic carbocycles. The largest absolute Gasteiger partial charge is 0.368 e. The topological polar surface area (TPSA) is 83.7 Å². The zero-order chi connectivity index (χ0) is 18.0. The second kappa shape index (κ2) is 7.49. The molecule has 0 spiro atoms. The predicted molar refractivity (Wildman–Crippen MR) is 93.4 cm³/mol. The van der Waals surface area contributed by atoms with Crippen LogP contribution in [0.3, 0.4) is 0 Å². The smallest absolute Gasteiger partial charge is 0.237 e. The van der Waals surface area contributed by atoms with Gasteiger partial charge in [-0.15, -0.1) is 0 Å². The van der Waals surface area contributed by atoms with E-state index in [4.69, 9.17) is 5.73 Å². The number of nitrogens with two attached hydrogens (primary N) is 1. The van der Waals surface area contributed by atoms with Crippen molar-refractivity contribution in [3.05, 3.63) is 0 Å². The molecule has 1 aliphatic heterocycles. The number of primary amides is 1. The van der Waals surface area contributed by atoms with Crippen molar-refractivity contribution in [1.82, 2.24) is 9.21 Å². The minimum Gasteiger partial charge on any atom is -0.368 e. The Hall–Kier alpha value is -0.660. The first kappa shape index (κ1) is 20.4. The maximum atomic E-state index is 12.7. The molecule has 0 saturated carbocycles. The fraction of sp³-hybridized carbons (Fsp3) is 0.938. The van der Waals surface area contributed by atoms with Gasteiger partial charge >= 0.3 is 0 Å². The van der Waals surface area contributed by atoms with Crippen LogP contribution in [0.5, 0.6) is 0 Å². The molecule has 1 heterocycles. The van der Waals surface area contributed by atoms with Gasteiger partial charge in [0.05, 0.1) is 11.3 Å². The highest BCUT2D eigenvalue weighted by Gasteiger charge is 2.38. The molecule has 2 N–H and O–H groups in total. The first-order valence-corrected chi connectivity index (χ1v) is 10.0. The van der Waals surface area contributed by atoms with Crippen LogP contribution in [-0.4, -0.2) is 61.0 Å². The van der Waals surface area contributed by atoms with Crippen molar-refractivity contribution in [1.29, 1.82) is 0 Å². The number of carbonyl (C=O) groups is 1. The molecule has 0 unspecified atom stereocenters. The number of hydrogen-bond donors (Lipinski definition) is 1. The standard InChI is InChI=1S/C16H33N3O3S/c1-12(2)14(13(3)4)11-23(21,22)19-9-7-18(8-10-19)16(5,6)15(17)20/h12-14H,7-11H2,1-6H3,(H2,17,20). The molecule has 0 aromatic rings. The molecule has 0 radical (unpaired) electrons. The van der Waals surface area contributed by atoms with E-state index < -0.39 is 15.6 Å². The van der Waals surface area contributed by atoms with Crippen molar-refractivity contribution in [3.63, 3.8) is 0 Å². The third-order valence-corrected chi connectivity index (χ3v) is 7.10. The van der Waals surface area contributed by atoms with Gasteiger partial charge in [-0.3, -0.25) is 9.69 Å². The summed E-state index contributed by atoms with van der Waals surface area (Å²) in [6.07, 6.45) is 0. The number of piperazine rings is 1. The Morgan fingerprint density at radius 3 is 1.83 bits per heavy atom. The Labute approximate surface area is 141 Å². The van der Waals surface area contributed by atoms with Crippen LogP contribution in [0.25, 0.3) is 0 Å². The van der Waals surface area contributed by atoms with E-state index in [0.29, 0.717) is 38.0 Å². The van der Waals surface area contributed by atoms with E-state index in [9.17, 15) is 13.2 Å². The Morgan fingerprint density at radius 1 is 1.04 bits per heavy atom. The minimum atomic E-state index is -3.27. The van der Waals surface area contributed by atoms with Gasteiger partial charge in [0.1, 0.15) is 0 Å². The lowest BCUT2D eigenvalue weighted by molar-refractivity contribution is -0.129. The van der Waals surface area contributed by atoms with Gasteiger partial charge in [-0.25, -0.2) is 8.42 Å². The van der Waals surface area contributed by atoms with Gasteiger partial charge in [-0.1, -0.05) is 27.7 Å². The molecule has 0 atom stereocenters. The van der Waals surface area contributed by atoms with Crippen LogP contribution in [0.15, 0.2) is 0 Å². The van der Waals surface area contributed by atoms with Crippen LogP contribution >= 0.6 is 0 Å². The van der Waals surface area contributed by atoms with Gasteiger partial charge in [0.25, 0.3) is 0 Å². The van der Waals surface area contributed by atoms with Gasteiger partial charge < -0.3 is 5.73 Å². The Morgan fingerprint density at radius 2 is 1.48 bits per heavy atom. The van der Waals surface area contributed by atoms with Gasteiger partial charge in [0, 0.05) is 26.2 Å². The summed E-state index contributed by atoms with van der Waals surface area (Å²) in [6, 6.07) is 0. The number of amides is 1. The fourth-order valence-electron chi connectivity index (χ4n) is 3.18. The summed E-state index contributed by atoms with van der Waals surface area (Å²) in [4.78, 5) is 13.5. The molecule has 23 heavy (non-hydrogen) atoms. The summed E-state index contributed by atoms with van der Waals surface area (Å²) >= 11 is 0. The van der Waals surface area contributed by atoms with Crippen molar-refractivity contribution in [2.24, 2.45) is 23.5 Å². The Kier molecular flexibility index (Phi) is 6.64. The second-order valence-corrected chi connectivity index (χ2v) is 9.75. The Bertz CT molecular complexity index is 499. The van der Waals surface area contributed by atoms with Gasteiger partial charge in [0.2, 0.25) is 15.9 Å². The molecule has 0 aromatic carbocycles. The monoisotopic (exact) mass is 347 g/mol. The van der Waals surface area contributed by atoms with Crippen molar-refractivity contribution in [2.45, 2.75) is 47.1 Å². The highest BCUT2D eigenvalue weighted by Crippen LogP contribution is 2.25. The van der Waals surface area contributed by atoms with E-state index in [-0.39, 0.29) is 17.6 Å². The van der Waals surface area contributed by atoms with Crippen LogP contribution in [0.4, 0.5) is 0 Å². The zero-order valence-electron chi connectivity index (χ0n) is 15.4. The summed E-state index contributed by atoms with van der Waals surface area (Å²) in [5.74, 6) is 0.634. The first-order chi connectivity index (χ1) is 10.4. The summed E-state index contributed by atoms with van der Waals surface area (Å²) in [5, 5.41) is 0. The third-order valence-electron chi connectivity index (χ3n) is 5.14. The molecule has 6 nitrogen and oxygen atoms in total. The predicted octanol–water partition coefficient (Wildman–Crippen LogP) is 1.13. The van der Waals surface area contributed by atoms with E-state index in [1.54, 1.807) is 18.2 Å². The van der Waals surface area contributed by atoms with Crippen LogP contribution in [-0.2, 0) is 14.8 Å². The summed E-state index contributed by atoms with van der Waals surface area (Å²) < 4.78 is 27.0. The number of carbonyl (C=O) groups excluding carboxylic acids is 1. The molecule has 1 aliphatic rings. The third kappa shape index (κ3) is 4.90. The van der Waals surface area contributed by atoms with Crippen LogP contribution < -0.4 is 5.73 Å². The molecule has 136 valence electrons. The van der Waals surface area contributed by atoms with Gasteiger partial charge in [0.15, 0.2) is 0 Å². The number of rotatable bonds is 7. The molecule has 1 amide bonds. The molecule has 1 rings (SSSR count). The average Bonchev–Trinajstić information content (AvgIpc) is 2.44. The van der Waals surface area contributed by atoms with Crippen LogP contribution in [0, 0.1) is 17.8 Å². The minimum absolute atomic E-state index is 0.153. The van der Waals surface area contributed by atoms with E-state index in [1.807, 2.05) is 4.90 Å². The van der Waals surface area contributed by atoms with E-state index in [2.05, 4.69) is 27.7 Å². The lowest BCUT2D eigenvalue weighted by Crippen LogP contribution is -2.60. The molecular weight excluding hydrogens is 314 g/mol. The first-order valence-electron chi connectivity index (χ1n) is 8.42. The fourth-order valence-corrected chi connectivity index (χ4v) is 5.37. The molecule has 0 aromatic heterocycles. The summed E-state index contributed by atoms with van der Waals surface area (Å²) in [7, 11) is -3.27. The average molecular weight is 348 g/mol. The Balaban J connectivity index is 2.74. The van der Waals surface area contributed by atoms with Crippen LogP contribution in [0.2, 0.25) is 0 Å². The second-order valence-electron chi connectivity index (χ2n) is 7.74. The van der Waals surface area contributed by atoms with E-state index >= 15 is 0 Å².